The van der Waals surface area contributed by atoms with Gasteiger partial charge in [-0.05, 0) is 26.0 Å². The maximum Gasteiger partial charge on any atom is 0.274 e. The van der Waals surface area contributed by atoms with E-state index in [9.17, 15) is 4.79 Å². The van der Waals surface area contributed by atoms with E-state index in [4.69, 9.17) is 4.74 Å². The average molecular weight is 339 g/mol. The molecule has 0 bridgehead atoms. The summed E-state index contributed by atoms with van der Waals surface area (Å²) in [5.41, 5.74) is 2.03. The molecule has 0 aromatic carbocycles. The van der Waals surface area contributed by atoms with Crippen LogP contribution in [0.2, 0.25) is 0 Å². The fourth-order valence-electron chi connectivity index (χ4n) is 3.03. The molecule has 4 heterocycles. The van der Waals surface area contributed by atoms with Gasteiger partial charge in [-0.25, -0.2) is 9.97 Å². The Hall–Kier alpha value is -2.67. The maximum absolute atomic E-state index is 12.9. The number of hydrogen-bond acceptors (Lipinski definition) is 4. The first kappa shape index (κ1) is 15.8. The van der Waals surface area contributed by atoms with E-state index >= 15 is 0 Å². The maximum atomic E-state index is 12.9. The Labute approximate surface area is 145 Å². The van der Waals surface area contributed by atoms with Gasteiger partial charge in [-0.3, -0.25) is 9.20 Å². The number of aromatic nitrogens is 4. The van der Waals surface area contributed by atoms with Gasteiger partial charge in [-0.2, -0.15) is 0 Å². The second-order valence-electron chi connectivity index (χ2n) is 6.44. The van der Waals surface area contributed by atoms with Crippen LogP contribution in [0.25, 0.3) is 17.0 Å². The van der Waals surface area contributed by atoms with E-state index in [1.165, 1.54) is 0 Å². The molecule has 0 atom stereocenters. The number of nitrogens with zero attached hydrogens (tertiary/aromatic N) is 5. The Bertz CT molecular complexity index is 905. The normalized spacial score (nSPS) is 15.2. The first-order valence-corrected chi connectivity index (χ1v) is 8.53. The summed E-state index contributed by atoms with van der Waals surface area (Å²) < 4.78 is 9.30. The van der Waals surface area contributed by atoms with Gasteiger partial charge in [0.1, 0.15) is 5.69 Å². The lowest BCUT2D eigenvalue weighted by Crippen LogP contribution is -2.40. The fourth-order valence-corrected chi connectivity index (χ4v) is 3.03. The van der Waals surface area contributed by atoms with Crippen molar-refractivity contribution >= 4 is 11.4 Å². The van der Waals surface area contributed by atoms with Gasteiger partial charge in [0.15, 0.2) is 11.5 Å². The fraction of sp³-hybridized carbons (Fsp3) is 0.389. The van der Waals surface area contributed by atoms with Gasteiger partial charge in [0.2, 0.25) is 0 Å². The van der Waals surface area contributed by atoms with Crippen LogP contribution in [0, 0.1) is 0 Å². The molecule has 0 N–H and O–H groups in total. The van der Waals surface area contributed by atoms with Crippen molar-refractivity contribution in [1.29, 1.82) is 0 Å². The van der Waals surface area contributed by atoms with Crippen LogP contribution in [0.15, 0.2) is 36.9 Å². The molecule has 1 aliphatic rings. The van der Waals surface area contributed by atoms with Crippen LogP contribution in [-0.4, -0.2) is 56.0 Å². The van der Waals surface area contributed by atoms with Gasteiger partial charge in [0.25, 0.3) is 5.91 Å². The quantitative estimate of drug-likeness (QED) is 0.734. The molecule has 0 unspecified atom stereocenters. The van der Waals surface area contributed by atoms with E-state index in [0.717, 1.165) is 11.2 Å². The van der Waals surface area contributed by atoms with Crippen molar-refractivity contribution in [2.75, 3.05) is 26.3 Å². The second-order valence-corrected chi connectivity index (χ2v) is 6.44. The molecule has 0 spiro atoms. The molecule has 25 heavy (non-hydrogen) atoms. The first-order chi connectivity index (χ1) is 12.1. The van der Waals surface area contributed by atoms with Gasteiger partial charge in [-0.15, -0.1) is 0 Å². The Balaban J connectivity index is 1.79. The Morgan fingerprint density at radius 3 is 2.76 bits per heavy atom. The molecule has 7 nitrogen and oxygen atoms in total. The van der Waals surface area contributed by atoms with E-state index < -0.39 is 0 Å². The third-order valence-electron chi connectivity index (χ3n) is 4.48. The van der Waals surface area contributed by atoms with Gasteiger partial charge in [0, 0.05) is 31.5 Å². The highest BCUT2D eigenvalue weighted by atomic mass is 16.5. The van der Waals surface area contributed by atoms with Crippen molar-refractivity contribution in [3.05, 3.63) is 42.6 Å². The summed E-state index contributed by atoms with van der Waals surface area (Å²) in [6.45, 7) is 6.54. The number of amides is 1. The zero-order valence-electron chi connectivity index (χ0n) is 14.4. The highest BCUT2D eigenvalue weighted by Crippen LogP contribution is 2.23. The lowest BCUT2D eigenvalue weighted by molar-refractivity contribution is 0.0301. The van der Waals surface area contributed by atoms with Crippen LogP contribution in [0.5, 0.6) is 0 Å². The van der Waals surface area contributed by atoms with Crippen LogP contribution < -0.4 is 0 Å². The van der Waals surface area contributed by atoms with Crippen LogP contribution in [-0.2, 0) is 4.74 Å². The number of rotatable bonds is 3. The summed E-state index contributed by atoms with van der Waals surface area (Å²) in [6.07, 6.45) is 5.69. The number of fused-ring (bicyclic) bond motifs is 1. The number of morpholine rings is 1. The molecule has 1 amide bonds. The average Bonchev–Trinajstić information content (AvgIpc) is 3.27. The van der Waals surface area contributed by atoms with Crippen molar-refractivity contribution in [2.45, 2.75) is 19.9 Å². The third kappa shape index (κ3) is 2.80. The number of imidazole rings is 2. The van der Waals surface area contributed by atoms with Gasteiger partial charge in [-0.1, -0.05) is 6.07 Å². The molecule has 1 aliphatic heterocycles. The highest BCUT2D eigenvalue weighted by molar-refractivity contribution is 6.00. The first-order valence-electron chi connectivity index (χ1n) is 8.53. The van der Waals surface area contributed by atoms with E-state index in [-0.39, 0.29) is 5.91 Å². The lowest BCUT2D eigenvalue weighted by Gasteiger charge is -2.26. The number of carbonyl (C=O) groups is 1. The van der Waals surface area contributed by atoms with Gasteiger partial charge < -0.3 is 14.2 Å². The van der Waals surface area contributed by atoms with Crippen molar-refractivity contribution in [1.82, 2.24) is 23.8 Å². The molecule has 1 saturated heterocycles. The SMILES string of the molecule is CC(C)n1cnc(-c2nc(C(=O)N3CCOCC3)c3ccccn23)c1. The molecule has 4 rings (SSSR count). The standard InChI is InChI=1S/C18H21N5O2/c1-13(2)22-11-14(19-12-22)17-20-16(15-5-3-4-6-23(15)17)18(24)21-7-9-25-10-8-21/h3-6,11-13H,7-10H2,1-2H3. The zero-order valence-corrected chi connectivity index (χ0v) is 14.4. The summed E-state index contributed by atoms with van der Waals surface area (Å²) in [5.74, 6) is 0.633. The number of carbonyl (C=O) groups excluding carboxylic acids is 1. The summed E-state index contributed by atoms with van der Waals surface area (Å²) in [6, 6.07) is 6.09. The van der Waals surface area contributed by atoms with Gasteiger partial charge >= 0.3 is 0 Å². The molecule has 1 fully saturated rings. The Morgan fingerprint density at radius 2 is 2.04 bits per heavy atom. The summed E-state index contributed by atoms with van der Waals surface area (Å²) in [5, 5.41) is 0. The van der Waals surface area contributed by atoms with E-state index in [1.54, 1.807) is 11.2 Å². The molecule has 7 heteroatoms. The third-order valence-corrected chi connectivity index (χ3v) is 4.48. The van der Waals surface area contributed by atoms with Crippen molar-refractivity contribution in [2.24, 2.45) is 0 Å². The summed E-state index contributed by atoms with van der Waals surface area (Å²) in [7, 11) is 0. The minimum absolute atomic E-state index is 0.0541. The summed E-state index contributed by atoms with van der Waals surface area (Å²) >= 11 is 0. The van der Waals surface area contributed by atoms with E-state index in [0.29, 0.717) is 43.9 Å². The van der Waals surface area contributed by atoms with E-state index in [2.05, 4.69) is 23.8 Å². The number of pyridine rings is 1. The molecular formula is C18H21N5O2. The number of ether oxygens (including phenoxy) is 1. The van der Waals surface area contributed by atoms with Crippen LogP contribution >= 0.6 is 0 Å². The predicted octanol–water partition coefficient (Wildman–Crippen LogP) is 2.25. The minimum Gasteiger partial charge on any atom is -0.378 e. The molecular weight excluding hydrogens is 318 g/mol. The minimum atomic E-state index is -0.0541. The summed E-state index contributed by atoms with van der Waals surface area (Å²) in [4.78, 5) is 23.9. The van der Waals surface area contributed by atoms with Crippen molar-refractivity contribution in [3.8, 4) is 11.5 Å². The smallest absolute Gasteiger partial charge is 0.274 e. The van der Waals surface area contributed by atoms with Crippen molar-refractivity contribution in [3.63, 3.8) is 0 Å². The van der Waals surface area contributed by atoms with Crippen molar-refractivity contribution < 1.29 is 9.53 Å². The van der Waals surface area contributed by atoms with E-state index in [1.807, 2.05) is 39.6 Å². The predicted molar refractivity (Wildman–Crippen MR) is 93.5 cm³/mol. The molecule has 0 saturated carbocycles. The monoisotopic (exact) mass is 339 g/mol. The second kappa shape index (κ2) is 6.33. The van der Waals surface area contributed by atoms with Gasteiger partial charge in [0.05, 0.1) is 25.1 Å². The molecule has 3 aromatic heterocycles. The Kier molecular flexibility index (Phi) is 4.01. The molecule has 0 radical (unpaired) electrons. The molecule has 0 aliphatic carbocycles. The lowest BCUT2D eigenvalue weighted by atomic mass is 10.3. The molecule has 3 aromatic rings. The Morgan fingerprint density at radius 1 is 1.24 bits per heavy atom. The van der Waals surface area contributed by atoms with Crippen LogP contribution in [0.4, 0.5) is 0 Å². The highest BCUT2D eigenvalue weighted by Gasteiger charge is 2.25. The molecule has 130 valence electrons. The largest absolute Gasteiger partial charge is 0.378 e. The number of hydrogen-bond donors (Lipinski definition) is 0. The zero-order chi connectivity index (χ0) is 17.4. The van der Waals surface area contributed by atoms with Crippen LogP contribution in [0.1, 0.15) is 30.4 Å². The topological polar surface area (TPSA) is 64.7 Å². The van der Waals surface area contributed by atoms with Crippen LogP contribution in [0.3, 0.4) is 0 Å².